The Balaban J connectivity index is 2.71. The fourth-order valence-corrected chi connectivity index (χ4v) is 2.70. The smallest absolute Gasteiger partial charge is 0.0753 e. The Morgan fingerprint density at radius 2 is 2.06 bits per heavy atom. The van der Waals surface area contributed by atoms with Crippen molar-refractivity contribution >= 4 is 0 Å². The van der Waals surface area contributed by atoms with Gasteiger partial charge in [0.2, 0.25) is 0 Å². The van der Waals surface area contributed by atoms with Crippen molar-refractivity contribution in [3.05, 3.63) is 0 Å². The van der Waals surface area contributed by atoms with Crippen LogP contribution in [-0.2, 0) is 4.74 Å². The molecule has 0 aromatic rings. The molecule has 0 amide bonds. The fourth-order valence-electron chi connectivity index (χ4n) is 2.70. The molecule has 3 heteroatoms. The van der Waals surface area contributed by atoms with Gasteiger partial charge in [0.1, 0.15) is 0 Å². The van der Waals surface area contributed by atoms with Gasteiger partial charge in [-0.3, -0.25) is 4.90 Å². The average molecular weight is 228 g/mol. The maximum Gasteiger partial charge on any atom is 0.0753 e. The Labute approximate surface area is 100 Å². The maximum absolute atomic E-state index is 5.99. The molecule has 0 bridgehead atoms. The molecule has 1 aliphatic heterocycles. The van der Waals surface area contributed by atoms with Crippen LogP contribution < -0.4 is 5.73 Å². The van der Waals surface area contributed by atoms with Gasteiger partial charge in [-0.2, -0.15) is 0 Å². The highest BCUT2D eigenvalue weighted by Gasteiger charge is 2.37. The monoisotopic (exact) mass is 228 g/mol. The van der Waals surface area contributed by atoms with Crippen molar-refractivity contribution in [2.75, 3.05) is 26.2 Å². The van der Waals surface area contributed by atoms with Crippen molar-refractivity contribution in [3.8, 4) is 0 Å². The molecule has 0 aliphatic carbocycles. The normalized spacial score (nSPS) is 25.7. The Kier molecular flexibility index (Phi) is 4.38. The molecule has 0 radical (unpaired) electrons. The molecule has 0 aromatic heterocycles. The van der Waals surface area contributed by atoms with E-state index in [0.717, 1.165) is 32.7 Å². The number of nitrogens with zero attached hydrogens (tertiary/aromatic N) is 1. The van der Waals surface area contributed by atoms with Crippen molar-refractivity contribution in [2.45, 2.75) is 52.2 Å². The number of rotatable bonds is 4. The number of hydrogen-bond donors (Lipinski definition) is 1. The van der Waals surface area contributed by atoms with Crippen LogP contribution in [0.15, 0.2) is 0 Å². The summed E-state index contributed by atoms with van der Waals surface area (Å²) in [6.45, 7) is 14.7. The first kappa shape index (κ1) is 13.9. The van der Waals surface area contributed by atoms with Gasteiger partial charge in [-0.25, -0.2) is 0 Å². The lowest BCUT2D eigenvalue weighted by atomic mass is 9.87. The molecule has 3 nitrogen and oxygen atoms in total. The highest BCUT2D eigenvalue weighted by molar-refractivity contribution is 4.93. The third-order valence-corrected chi connectivity index (χ3v) is 3.48. The van der Waals surface area contributed by atoms with Gasteiger partial charge in [0.25, 0.3) is 0 Å². The fraction of sp³-hybridized carbons (Fsp3) is 1.00. The van der Waals surface area contributed by atoms with Gasteiger partial charge < -0.3 is 10.5 Å². The molecule has 1 aliphatic rings. The minimum atomic E-state index is -0.0361. The summed E-state index contributed by atoms with van der Waals surface area (Å²) in [5, 5.41) is 0. The first-order valence-electron chi connectivity index (χ1n) is 6.38. The lowest BCUT2D eigenvalue weighted by molar-refractivity contribution is -0.115. The van der Waals surface area contributed by atoms with E-state index in [9.17, 15) is 0 Å². The van der Waals surface area contributed by atoms with Crippen LogP contribution >= 0.6 is 0 Å². The SMILES string of the molecule is CC(C)CC(C)(CN)N1CCOC(C)(C)C1. The molecule has 1 saturated heterocycles. The summed E-state index contributed by atoms with van der Waals surface area (Å²) < 4.78 is 5.76. The number of hydrogen-bond acceptors (Lipinski definition) is 3. The van der Waals surface area contributed by atoms with Crippen LogP contribution in [0.5, 0.6) is 0 Å². The van der Waals surface area contributed by atoms with Gasteiger partial charge in [-0.05, 0) is 33.1 Å². The third kappa shape index (κ3) is 3.44. The zero-order valence-corrected chi connectivity index (χ0v) is 11.5. The number of morpholine rings is 1. The zero-order valence-electron chi connectivity index (χ0n) is 11.5. The molecule has 0 spiro atoms. The van der Waals surface area contributed by atoms with E-state index in [-0.39, 0.29) is 11.1 Å². The first-order valence-corrected chi connectivity index (χ1v) is 6.38. The van der Waals surface area contributed by atoms with Crippen LogP contribution in [0, 0.1) is 5.92 Å². The predicted octanol–water partition coefficient (Wildman–Crippen LogP) is 1.86. The molecule has 1 fully saturated rings. The molecule has 0 saturated carbocycles. The van der Waals surface area contributed by atoms with Gasteiger partial charge in [0.05, 0.1) is 12.2 Å². The Hall–Kier alpha value is -0.120. The van der Waals surface area contributed by atoms with Crippen molar-refractivity contribution in [1.82, 2.24) is 4.90 Å². The number of ether oxygens (including phenoxy) is 1. The van der Waals surface area contributed by atoms with Gasteiger partial charge in [0, 0.05) is 25.2 Å². The summed E-state index contributed by atoms with van der Waals surface area (Å²) in [6.07, 6.45) is 1.15. The van der Waals surface area contributed by atoms with E-state index in [1.165, 1.54) is 0 Å². The highest BCUT2D eigenvalue weighted by atomic mass is 16.5. The van der Waals surface area contributed by atoms with E-state index in [1.54, 1.807) is 0 Å². The molecule has 1 unspecified atom stereocenters. The Morgan fingerprint density at radius 1 is 1.44 bits per heavy atom. The second-order valence-electron chi connectivity index (χ2n) is 6.33. The summed E-state index contributed by atoms with van der Waals surface area (Å²) in [7, 11) is 0. The molecule has 16 heavy (non-hydrogen) atoms. The van der Waals surface area contributed by atoms with E-state index in [4.69, 9.17) is 10.5 Å². The third-order valence-electron chi connectivity index (χ3n) is 3.48. The Bertz CT molecular complexity index is 228. The second-order valence-corrected chi connectivity index (χ2v) is 6.33. The van der Waals surface area contributed by atoms with Gasteiger partial charge >= 0.3 is 0 Å². The Morgan fingerprint density at radius 3 is 2.50 bits per heavy atom. The van der Waals surface area contributed by atoms with Crippen LogP contribution in [0.2, 0.25) is 0 Å². The van der Waals surface area contributed by atoms with Crippen molar-refractivity contribution in [1.29, 1.82) is 0 Å². The standard InChI is InChI=1S/C13H28N2O/c1-11(2)8-13(5,9-14)15-6-7-16-12(3,4)10-15/h11H,6-10,14H2,1-5H3. The summed E-state index contributed by atoms with van der Waals surface area (Å²) in [5.74, 6) is 0.680. The lowest BCUT2D eigenvalue weighted by Crippen LogP contribution is -2.60. The second kappa shape index (κ2) is 5.03. The summed E-state index contributed by atoms with van der Waals surface area (Å²) in [5.41, 5.74) is 6.08. The molecule has 1 atom stereocenters. The minimum absolute atomic E-state index is 0.0361. The lowest BCUT2D eigenvalue weighted by Gasteiger charge is -2.48. The van der Waals surface area contributed by atoms with E-state index in [2.05, 4.69) is 39.5 Å². The molecular weight excluding hydrogens is 200 g/mol. The highest BCUT2D eigenvalue weighted by Crippen LogP contribution is 2.28. The van der Waals surface area contributed by atoms with Crippen LogP contribution in [0.1, 0.15) is 41.0 Å². The molecular formula is C13H28N2O. The topological polar surface area (TPSA) is 38.5 Å². The van der Waals surface area contributed by atoms with Gasteiger partial charge in [-0.15, -0.1) is 0 Å². The predicted molar refractivity (Wildman–Crippen MR) is 68.5 cm³/mol. The van der Waals surface area contributed by atoms with Gasteiger partial charge in [-0.1, -0.05) is 13.8 Å². The minimum Gasteiger partial charge on any atom is -0.373 e. The largest absolute Gasteiger partial charge is 0.373 e. The van der Waals surface area contributed by atoms with Gasteiger partial charge in [0.15, 0.2) is 0 Å². The average Bonchev–Trinajstić information content (AvgIpc) is 2.15. The molecule has 0 aromatic carbocycles. The van der Waals surface area contributed by atoms with Crippen LogP contribution in [0.4, 0.5) is 0 Å². The summed E-state index contributed by atoms with van der Waals surface area (Å²) in [4.78, 5) is 2.51. The molecule has 2 N–H and O–H groups in total. The molecule has 1 heterocycles. The van der Waals surface area contributed by atoms with Crippen molar-refractivity contribution in [2.24, 2.45) is 11.7 Å². The number of nitrogens with two attached hydrogens (primary N) is 1. The van der Waals surface area contributed by atoms with Crippen LogP contribution in [-0.4, -0.2) is 42.3 Å². The van der Waals surface area contributed by atoms with Crippen molar-refractivity contribution in [3.63, 3.8) is 0 Å². The van der Waals surface area contributed by atoms with E-state index in [1.807, 2.05) is 0 Å². The summed E-state index contributed by atoms with van der Waals surface area (Å²) >= 11 is 0. The van der Waals surface area contributed by atoms with E-state index < -0.39 is 0 Å². The first-order chi connectivity index (χ1) is 7.29. The van der Waals surface area contributed by atoms with Crippen molar-refractivity contribution < 1.29 is 4.74 Å². The molecule has 1 rings (SSSR count). The maximum atomic E-state index is 5.99. The summed E-state index contributed by atoms with van der Waals surface area (Å²) in [6, 6.07) is 0. The van der Waals surface area contributed by atoms with Crippen LogP contribution in [0.3, 0.4) is 0 Å². The zero-order chi connectivity index (χ0) is 12.4. The molecule has 96 valence electrons. The quantitative estimate of drug-likeness (QED) is 0.798. The van der Waals surface area contributed by atoms with E-state index in [0.29, 0.717) is 5.92 Å². The van der Waals surface area contributed by atoms with Crippen LogP contribution in [0.25, 0.3) is 0 Å². The van der Waals surface area contributed by atoms with E-state index >= 15 is 0 Å².